The van der Waals surface area contributed by atoms with Crippen molar-refractivity contribution < 1.29 is 19.7 Å². The van der Waals surface area contributed by atoms with Crippen LogP contribution in [0.3, 0.4) is 0 Å². The van der Waals surface area contributed by atoms with Crippen LogP contribution < -0.4 is 19.9 Å². The zero-order valence-corrected chi connectivity index (χ0v) is 13.4. The van der Waals surface area contributed by atoms with Gasteiger partial charge in [0.2, 0.25) is 0 Å². The van der Waals surface area contributed by atoms with Crippen LogP contribution in [0.1, 0.15) is 5.56 Å². The molecule has 0 amide bonds. The highest BCUT2D eigenvalue weighted by Crippen LogP contribution is 2.25. The van der Waals surface area contributed by atoms with E-state index in [2.05, 4.69) is 11.6 Å². The molecule has 2 N–H and O–H groups in total. The van der Waals surface area contributed by atoms with Crippen LogP contribution in [0.5, 0.6) is 23.0 Å². The molecule has 3 rings (SSSR count). The Morgan fingerprint density at radius 1 is 1.04 bits per heavy atom. The Hall–Kier alpha value is -3.21. The fourth-order valence-electron chi connectivity index (χ4n) is 2.58. The normalized spacial score (nSPS) is 11.7. The summed E-state index contributed by atoms with van der Waals surface area (Å²) in [5.41, 5.74) is 1.06. The minimum atomic E-state index is -0.0514. The van der Waals surface area contributed by atoms with Gasteiger partial charge in [-0.3, -0.25) is 4.98 Å². The molecule has 5 nitrogen and oxygen atoms in total. The van der Waals surface area contributed by atoms with Gasteiger partial charge >= 0.3 is 0 Å². The van der Waals surface area contributed by atoms with Gasteiger partial charge in [-0.1, -0.05) is 6.58 Å². The van der Waals surface area contributed by atoms with Crippen molar-refractivity contribution in [3.05, 3.63) is 52.5 Å². The zero-order chi connectivity index (χ0) is 17.3. The third-order valence-corrected chi connectivity index (χ3v) is 3.84. The molecule has 0 aliphatic rings. The fourth-order valence-corrected chi connectivity index (χ4v) is 2.58. The van der Waals surface area contributed by atoms with Gasteiger partial charge in [0.25, 0.3) is 0 Å². The number of rotatable bonds is 3. The third kappa shape index (κ3) is 2.60. The van der Waals surface area contributed by atoms with Gasteiger partial charge in [0, 0.05) is 28.1 Å². The standard InChI is InChI=1S/C19H17NO4/c1-11-16(9-12-7-13(23-2)10-14(8-12)24-3)19(22)15-5-4-6-20-17(15)18(11)21/h4-10,21-22H,1H2,2-3H3. The predicted molar refractivity (Wildman–Crippen MR) is 93.0 cm³/mol. The molecule has 1 aromatic heterocycles. The molecule has 0 saturated carbocycles. The molecule has 0 radical (unpaired) electrons. The van der Waals surface area contributed by atoms with E-state index in [1.807, 2.05) is 0 Å². The summed E-state index contributed by atoms with van der Waals surface area (Å²) in [6, 6.07) is 8.74. The van der Waals surface area contributed by atoms with Gasteiger partial charge in [-0.05, 0) is 35.9 Å². The molecular formula is C19H17NO4. The molecule has 122 valence electrons. The van der Waals surface area contributed by atoms with Gasteiger partial charge in [0.05, 0.1) is 14.2 Å². The van der Waals surface area contributed by atoms with Gasteiger partial charge < -0.3 is 19.7 Å². The summed E-state index contributed by atoms with van der Waals surface area (Å²) >= 11 is 0. The first-order valence-electron chi connectivity index (χ1n) is 7.27. The Balaban J connectivity index is 2.34. The minimum absolute atomic E-state index is 0.0164. The number of pyridine rings is 1. The van der Waals surface area contributed by atoms with Crippen molar-refractivity contribution in [3.63, 3.8) is 0 Å². The second kappa shape index (κ2) is 6.12. The highest BCUT2D eigenvalue weighted by atomic mass is 16.5. The van der Waals surface area contributed by atoms with Crippen LogP contribution >= 0.6 is 0 Å². The van der Waals surface area contributed by atoms with Crippen LogP contribution in [-0.2, 0) is 0 Å². The second-order valence-corrected chi connectivity index (χ2v) is 5.28. The number of hydrogen-bond acceptors (Lipinski definition) is 5. The van der Waals surface area contributed by atoms with E-state index >= 15 is 0 Å². The average molecular weight is 323 g/mol. The van der Waals surface area contributed by atoms with E-state index in [4.69, 9.17) is 9.47 Å². The first-order valence-corrected chi connectivity index (χ1v) is 7.27. The van der Waals surface area contributed by atoms with Crippen LogP contribution in [0.4, 0.5) is 0 Å². The zero-order valence-electron chi connectivity index (χ0n) is 13.4. The molecule has 0 saturated heterocycles. The van der Waals surface area contributed by atoms with E-state index in [1.54, 1.807) is 56.8 Å². The lowest BCUT2D eigenvalue weighted by molar-refractivity contribution is 0.394. The molecule has 5 heteroatoms. The minimum Gasteiger partial charge on any atom is -0.507 e. The molecule has 24 heavy (non-hydrogen) atoms. The Labute approximate surface area is 138 Å². The van der Waals surface area contributed by atoms with Crippen LogP contribution in [0.2, 0.25) is 0 Å². The number of phenols is 2. The molecule has 0 atom stereocenters. The Kier molecular flexibility index (Phi) is 4.00. The summed E-state index contributed by atoms with van der Waals surface area (Å²) in [7, 11) is 3.13. The molecule has 3 aromatic rings. The molecule has 0 unspecified atom stereocenters. The molecule has 1 heterocycles. The number of phenolic OH excluding ortho intramolecular Hbond substituents is 2. The lowest BCUT2D eigenvalue weighted by Gasteiger charge is -2.08. The fraction of sp³-hybridized carbons (Fsp3) is 0.105. The smallest absolute Gasteiger partial charge is 0.149 e. The number of hydrogen-bond donors (Lipinski definition) is 2. The van der Waals surface area contributed by atoms with E-state index < -0.39 is 0 Å². The average Bonchev–Trinajstić information content (AvgIpc) is 2.63. The van der Waals surface area contributed by atoms with Crippen molar-refractivity contribution in [2.45, 2.75) is 0 Å². The number of aromatic nitrogens is 1. The van der Waals surface area contributed by atoms with Crippen molar-refractivity contribution in [1.82, 2.24) is 4.98 Å². The number of methoxy groups -OCH3 is 2. The molecule has 0 aliphatic carbocycles. The Morgan fingerprint density at radius 3 is 2.33 bits per heavy atom. The Morgan fingerprint density at radius 2 is 1.71 bits per heavy atom. The summed E-state index contributed by atoms with van der Waals surface area (Å²) in [4.78, 5) is 4.10. The van der Waals surface area contributed by atoms with Gasteiger partial charge in [-0.25, -0.2) is 0 Å². The lowest BCUT2D eigenvalue weighted by atomic mass is 10.1. The summed E-state index contributed by atoms with van der Waals surface area (Å²) < 4.78 is 10.5. The highest BCUT2D eigenvalue weighted by molar-refractivity contribution is 5.90. The van der Waals surface area contributed by atoms with E-state index in [9.17, 15) is 10.2 Å². The largest absolute Gasteiger partial charge is 0.507 e. The van der Waals surface area contributed by atoms with E-state index in [0.717, 1.165) is 5.56 Å². The molecule has 0 spiro atoms. The SMILES string of the molecule is C=c1c(O)c2ncccc2c(O)c1=Cc1cc(OC)cc(OC)c1. The number of aromatic hydroxyl groups is 2. The van der Waals surface area contributed by atoms with Crippen LogP contribution in [-0.4, -0.2) is 29.4 Å². The maximum absolute atomic E-state index is 10.6. The first kappa shape index (κ1) is 15.7. The molecular weight excluding hydrogens is 306 g/mol. The second-order valence-electron chi connectivity index (χ2n) is 5.28. The maximum atomic E-state index is 10.6. The van der Waals surface area contributed by atoms with Crippen molar-refractivity contribution in [3.8, 4) is 23.0 Å². The summed E-state index contributed by atoms with van der Waals surface area (Å²) in [6.07, 6.45) is 3.27. The van der Waals surface area contributed by atoms with Crippen molar-refractivity contribution >= 4 is 23.6 Å². The van der Waals surface area contributed by atoms with Gasteiger partial charge in [0.15, 0.2) is 0 Å². The van der Waals surface area contributed by atoms with Gasteiger partial charge in [-0.2, -0.15) is 0 Å². The predicted octanol–water partition coefficient (Wildman–Crippen LogP) is 1.90. The van der Waals surface area contributed by atoms with E-state index in [1.165, 1.54) is 0 Å². The van der Waals surface area contributed by atoms with Crippen LogP contribution in [0.15, 0.2) is 36.5 Å². The summed E-state index contributed by atoms with van der Waals surface area (Å²) in [5, 5.41) is 22.1. The van der Waals surface area contributed by atoms with Crippen molar-refractivity contribution in [2.24, 2.45) is 0 Å². The van der Waals surface area contributed by atoms with Crippen molar-refractivity contribution in [1.29, 1.82) is 0 Å². The summed E-state index contributed by atoms with van der Waals surface area (Å²) in [6.45, 7) is 3.87. The first-order chi connectivity index (χ1) is 11.5. The highest BCUT2D eigenvalue weighted by Gasteiger charge is 2.10. The number of benzene rings is 2. The third-order valence-electron chi connectivity index (χ3n) is 3.84. The van der Waals surface area contributed by atoms with Crippen molar-refractivity contribution in [2.75, 3.05) is 14.2 Å². The molecule has 2 aromatic carbocycles. The number of fused-ring (bicyclic) bond motifs is 1. The number of ether oxygens (including phenoxy) is 2. The van der Waals surface area contributed by atoms with E-state index in [-0.39, 0.29) is 11.5 Å². The summed E-state index contributed by atoms with van der Waals surface area (Å²) in [5.74, 6) is 1.21. The van der Waals surface area contributed by atoms with E-state index in [0.29, 0.717) is 32.8 Å². The molecule has 0 bridgehead atoms. The topological polar surface area (TPSA) is 71.8 Å². The maximum Gasteiger partial charge on any atom is 0.149 e. The lowest BCUT2D eigenvalue weighted by Crippen LogP contribution is -2.24. The van der Waals surface area contributed by atoms with Crippen LogP contribution in [0.25, 0.3) is 23.6 Å². The Bertz CT molecular complexity index is 1010. The monoisotopic (exact) mass is 323 g/mol. The quantitative estimate of drug-likeness (QED) is 0.720. The van der Waals surface area contributed by atoms with Crippen LogP contribution in [0, 0.1) is 0 Å². The van der Waals surface area contributed by atoms with Gasteiger partial charge in [-0.15, -0.1) is 0 Å². The van der Waals surface area contributed by atoms with Gasteiger partial charge in [0.1, 0.15) is 28.5 Å². The molecule has 0 fully saturated rings. The molecule has 0 aliphatic heterocycles. The number of nitrogens with zero attached hydrogens (tertiary/aromatic N) is 1.